The molecule has 2 N–H and O–H groups in total. The second-order valence-corrected chi connectivity index (χ2v) is 7.21. The molecule has 136 valence electrons. The van der Waals surface area contributed by atoms with Crippen molar-refractivity contribution in [3.8, 4) is 0 Å². The Kier molecular flexibility index (Phi) is 6.69. The first-order valence-corrected chi connectivity index (χ1v) is 9.52. The fourth-order valence-corrected chi connectivity index (χ4v) is 3.82. The Labute approximate surface area is 147 Å². The van der Waals surface area contributed by atoms with E-state index < -0.39 is 0 Å². The molecule has 1 aliphatic carbocycles. The topological polar surface area (TPSA) is 54.2 Å². The lowest BCUT2D eigenvalue weighted by Gasteiger charge is -2.25. The molecule has 5 heteroatoms. The van der Waals surface area contributed by atoms with E-state index in [9.17, 15) is 0 Å². The molecule has 0 saturated heterocycles. The molecule has 1 aliphatic rings. The van der Waals surface area contributed by atoms with Crippen LogP contribution in [-0.4, -0.2) is 35.4 Å². The fourth-order valence-electron chi connectivity index (χ4n) is 3.82. The maximum absolute atomic E-state index is 4.89. The van der Waals surface area contributed by atoms with Gasteiger partial charge in [0.15, 0.2) is 5.96 Å². The van der Waals surface area contributed by atoms with E-state index in [1.54, 1.807) is 0 Å². The number of hydrogen-bond donors (Lipinski definition) is 2. The maximum Gasteiger partial charge on any atom is 0.191 e. The minimum absolute atomic E-state index is 0.443. The molecule has 5 nitrogen and oxygen atoms in total. The quantitative estimate of drug-likeness (QED) is 0.595. The van der Waals surface area contributed by atoms with Gasteiger partial charge < -0.3 is 10.6 Å². The Balaban J connectivity index is 1.92. The van der Waals surface area contributed by atoms with Crippen molar-refractivity contribution < 1.29 is 0 Å². The molecule has 0 bridgehead atoms. The molecule has 1 aromatic rings. The third kappa shape index (κ3) is 4.52. The van der Waals surface area contributed by atoms with E-state index in [4.69, 9.17) is 4.99 Å². The Morgan fingerprint density at radius 1 is 1.21 bits per heavy atom. The molecular formula is C19H35N5. The zero-order chi connectivity index (χ0) is 17.6. The van der Waals surface area contributed by atoms with Gasteiger partial charge in [-0.25, -0.2) is 0 Å². The lowest BCUT2D eigenvalue weighted by Crippen LogP contribution is -2.39. The second-order valence-electron chi connectivity index (χ2n) is 7.21. The molecule has 0 aromatic carbocycles. The number of guanidine groups is 1. The number of nitrogens with one attached hydrogen (secondary N) is 2. The molecule has 1 aromatic heterocycles. The van der Waals surface area contributed by atoms with Gasteiger partial charge >= 0.3 is 0 Å². The molecule has 1 fully saturated rings. The van der Waals surface area contributed by atoms with Gasteiger partial charge in [0.2, 0.25) is 0 Å². The van der Waals surface area contributed by atoms with Crippen LogP contribution in [0.3, 0.4) is 0 Å². The first kappa shape index (κ1) is 18.8. The van der Waals surface area contributed by atoms with E-state index in [1.807, 2.05) is 11.7 Å². The maximum atomic E-state index is 4.89. The van der Waals surface area contributed by atoms with Gasteiger partial charge in [-0.15, -0.1) is 0 Å². The van der Waals surface area contributed by atoms with E-state index >= 15 is 0 Å². The van der Waals surface area contributed by atoms with E-state index in [2.05, 4.69) is 43.4 Å². The SMILES string of the molecule is CCNC(=NCC1(CC)CCCC1)NCCc1c(C)nn(C)c1C. The standard InChI is InChI=1S/C19H35N5/c1-6-19(11-8-9-12-19)14-22-18(20-7-2)21-13-10-17-15(3)23-24(5)16(17)4/h6-14H2,1-5H3,(H2,20,21,22). The number of nitrogens with zero attached hydrogens (tertiary/aromatic N) is 3. The summed E-state index contributed by atoms with van der Waals surface area (Å²) >= 11 is 0. The molecule has 0 aliphatic heterocycles. The van der Waals surface area contributed by atoms with Crippen LogP contribution in [0.5, 0.6) is 0 Å². The van der Waals surface area contributed by atoms with E-state index in [0.29, 0.717) is 5.41 Å². The fraction of sp³-hybridized carbons (Fsp3) is 0.789. The normalized spacial score (nSPS) is 17.3. The lowest BCUT2D eigenvalue weighted by molar-refractivity contribution is 0.297. The first-order valence-electron chi connectivity index (χ1n) is 9.52. The number of aromatic nitrogens is 2. The molecule has 0 unspecified atom stereocenters. The minimum Gasteiger partial charge on any atom is -0.357 e. The Morgan fingerprint density at radius 3 is 2.46 bits per heavy atom. The summed E-state index contributed by atoms with van der Waals surface area (Å²) in [6, 6.07) is 0. The Bertz CT molecular complexity index is 552. The lowest BCUT2D eigenvalue weighted by atomic mass is 9.84. The zero-order valence-corrected chi connectivity index (χ0v) is 16.2. The smallest absolute Gasteiger partial charge is 0.191 e. The van der Waals surface area contributed by atoms with Crippen molar-refractivity contribution in [1.82, 2.24) is 20.4 Å². The molecular weight excluding hydrogens is 298 g/mol. The average molecular weight is 334 g/mol. The van der Waals surface area contributed by atoms with Crippen LogP contribution < -0.4 is 10.6 Å². The van der Waals surface area contributed by atoms with Crippen LogP contribution in [0.1, 0.15) is 62.9 Å². The van der Waals surface area contributed by atoms with Crippen molar-refractivity contribution in [2.75, 3.05) is 19.6 Å². The molecule has 2 rings (SSSR count). The monoisotopic (exact) mass is 333 g/mol. The van der Waals surface area contributed by atoms with Gasteiger partial charge in [-0.1, -0.05) is 19.8 Å². The van der Waals surface area contributed by atoms with Crippen LogP contribution in [0.2, 0.25) is 0 Å². The average Bonchev–Trinajstić information content (AvgIpc) is 3.13. The highest BCUT2D eigenvalue weighted by Gasteiger charge is 2.31. The van der Waals surface area contributed by atoms with Crippen molar-refractivity contribution in [3.05, 3.63) is 17.0 Å². The first-order chi connectivity index (χ1) is 11.5. The van der Waals surface area contributed by atoms with Crippen LogP contribution in [0.4, 0.5) is 0 Å². The Hall–Kier alpha value is -1.52. The third-order valence-electron chi connectivity index (χ3n) is 5.66. The van der Waals surface area contributed by atoms with Gasteiger partial charge in [0.1, 0.15) is 0 Å². The predicted molar refractivity (Wildman–Crippen MR) is 102 cm³/mol. The number of rotatable bonds is 7. The summed E-state index contributed by atoms with van der Waals surface area (Å²) in [6.07, 6.45) is 7.62. The summed E-state index contributed by atoms with van der Waals surface area (Å²) in [6.45, 7) is 11.4. The third-order valence-corrected chi connectivity index (χ3v) is 5.66. The molecule has 1 heterocycles. The van der Waals surface area contributed by atoms with Gasteiger partial charge in [0, 0.05) is 32.4 Å². The van der Waals surface area contributed by atoms with Crippen LogP contribution in [0, 0.1) is 19.3 Å². The van der Waals surface area contributed by atoms with Crippen molar-refractivity contribution in [1.29, 1.82) is 0 Å². The van der Waals surface area contributed by atoms with E-state index in [1.165, 1.54) is 43.4 Å². The number of aliphatic imine (C=N–C) groups is 1. The van der Waals surface area contributed by atoms with E-state index in [-0.39, 0.29) is 0 Å². The largest absolute Gasteiger partial charge is 0.357 e. The van der Waals surface area contributed by atoms with Crippen molar-refractivity contribution in [2.24, 2.45) is 17.5 Å². The summed E-state index contributed by atoms with van der Waals surface area (Å²) in [7, 11) is 2.01. The highest BCUT2D eigenvalue weighted by molar-refractivity contribution is 5.79. The van der Waals surface area contributed by atoms with Crippen LogP contribution in [0.25, 0.3) is 0 Å². The van der Waals surface area contributed by atoms with Gasteiger partial charge in [-0.2, -0.15) is 5.10 Å². The summed E-state index contributed by atoms with van der Waals surface area (Å²) in [5, 5.41) is 11.4. The minimum atomic E-state index is 0.443. The summed E-state index contributed by atoms with van der Waals surface area (Å²) in [5.41, 5.74) is 4.18. The Morgan fingerprint density at radius 2 is 1.92 bits per heavy atom. The van der Waals surface area contributed by atoms with Crippen LogP contribution in [-0.2, 0) is 13.5 Å². The number of hydrogen-bond acceptors (Lipinski definition) is 2. The van der Waals surface area contributed by atoms with Crippen molar-refractivity contribution >= 4 is 5.96 Å². The molecule has 0 atom stereocenters. The van der Waals surface area contributed by atoms with Crippen LogP contribution >= 0.6 is 0 Å². The molecule has 1 saturated carbocycles. The molecule has 0 radical (unpaired) electrons. The van der Waals surface area contributed by atoms with Gasteiger partial charge in [-0.05, 0) is 57.4 Å². The second kappa shape index (κ2) is 8.54. The highest BCUT2D eigenvalue weighted by atomic mass is 15.3. The predicted octanol–water partition coefficient (Wildman–Crippen LogP) is 3.10. The van der Waals surface area contributed by atoms with E-state index in [0.717, 1.165) is 37.7 Å². The van der Waals surface area contributed by atoms with Crippen molar-refractivity contribution in [2.45, 2.75) is 66.2 Å². The summed E-state index contributed by atoms with van der Waals surface area (Å²) in [5.74, 6) is 0.955. The van der Waals surface area contributed by atoms with Crippen LogP contribution in [0.15, 0.2) is 4.99 Å². The number of aryl methyl sites for hydroxylation is 2. The van der Waals surface area contributed by atoms with Gasteiger partial charge in [0.25, 0.3) is 0 Å². The molecule has 24 heavy (non-hydrogen) atoms. The zero-order valence-electron chi connectivity index (χ0n) is 16.2. The molecule has 0 spiro atoms. The molecule has 0 amide bonds. The van der Waals surface area contributed by atoms with Crippen molar-refractivity contribution in [3.63, 3.8) is 0 Å². The van der Waals surface area contributed by atoms with Gasteiger partial charge in [0.05, 0.1) is 5.69 Å². The summed E-state index contributed by atoms with van der Waals surface area (Å²) in [4.78, 5) is 4.89. The highest BCUT2D eigenvalue weighted by Crippen LogP contribution is 2.41. The van der Waals surface area contributed by atoms with Gasteiger partial charge in [-0.3, -0.25) is 9.67 Å². The summed E-state index contributed by atoms with van der Waals surface area (Å²) < 4.78 is 1.97.